The van der Waals surface area contributed by atoms with Crippen molar-refractivity contribution in [3.8, 4) is 33.4 Å². The second kappa shape index (κ2) is 9.44. The predicted molar refractivity (Wildman–Crippen MR) is 183 cm³/mol. The summed E-state index contributed by atoms with van der Waals surface area (Å²) in [5.41, 5.74) is 1.44. The lowest BCUT2D eigenvalue weighted by atomic mass is 9.86. The van der Waals surface area contributed by atoms with Crippen molar-refractivity contribution in [2.75, 3.05) is 0 Å². The Kier molecular flexibility index (Phi) is 2.97. The van der Waals surface area contributed by atoms with Crippen LogP contribution in [0.1, 0.15) is 20.6 Å². The summed E-state index contributed by atoms with van der Waals surface area (Å²) in [5, 5.41) is 2.51. The Labute approximate surface area is 270 Å². The van der Waals surface area contributed by atoms with E-state index in [0.29, 0.717) is 38.1 Å². The molecule has 0 N–H and O–H groups in total. The molecule has 0 atom stereocenters. The van der Waals surface area contributed by atoms with E-state index in [2.05, 4.69) is 0 Å². The van der Waals surface area contributed by atoms with Crippen LogP contribution in [0.5, 0.6) is 0 Å². The van der Waals surface area contributed by atoms with Crippen LogP contribution >= 0.6 is 0 Å². The zero-order valence-corrected chi connectivity index (χ0v) is 22.3. The number of rotatable bonds is 3. The van der Waals surface area contributed by atoms with Crippen LogP contribution in [0.3, 0.4) is 0 Å². The van der Waals surface area contributed by atoms with Gasteiger partial charge in [0.15, 0.2) is 0 Å². The first kappa shape index (κ1) is 13.5. The third-order valence-corrected chi connectivity index (χ3v) is 7.76. The largest absolute Gasteiger partial charge is 0.455 e. The van der Waals surface area contributed by atoms with Crippen molar-refractivity contribution in [1.29, 1.82) is 0 Å². The highest BCUT2D eigenvalue weighted by Crippen LogP contribution is 2.45. The summed E-state index contributed by atoms with van der Waals surface area (Å²) in [6.45, 7) is 0. The van der Waals surface area contributed by atoms with Crippen molar-refractivity contribution >= 4 is 54.3 Å². The first-order chi connectivity index (χ1) is 27.6. The fourth-order valence-electron chi connectivity index (χ4n) is 5.93. The van der Waals surface area contributed by atoms with E-state index < -0.39 is 72.5 Å². The summed E-state index contributed by atoms with van der Waals surface area (Å²) >= 11 is 0. The standard InChI is InChI=1S/C42H26O/c1-2-12-28(13-3-1)40-34-15-6-8-17-36(34)41(37-18-9-7-16-35(37)40)31-23-24-33-38-20-10-19-32(42(38)43-39(33)26-31)30-22-21-27-11-4-5-14-29(27)25-30/h1-26H/i1D,2D,3D,4D,5D,10D,11D,12D,13D,14D,19D,20D,21D,22D,25D. The first-order valence-electron chi connectivity index (χ1n) is 21.1. The average molecular weight is 562 g/mol. The first-order valence-corrected chi connectivity index (χ1v) is 13.6. The summed E-state index contributed by atoms with van der Waals surface area (Å²) in [5.74, 6) is 0. The molecule has 43 heavy (non-hydrogen) atoms. The SMILES string of the molecule is [2H]c1c([2H])c([2H])c(-c2c3ccccc3c(-c3ccc4c(c3)oc3c(-c5c([2H])c([2H])c6c([2H])c([2H])c([2H])c([2H])c6c5[2H])c([2H])c([2H])c([2H])c34)c3ccccc23)c([2H])c1[2H]. The Morgan fingerprint density at radius 1 is 0.442 bits per heavy atom. The number of para-hydroxylation sites is 1. The molecule has 0 saturated heterocycles. The van der Waals surface area contributed by atoms with Crippen LogP contribution in [0.4, 0.5) is 0 Å². The molecule has 1 heterocycles. The molecule has 0 spiro atoms. The minimum atomic E-state index is -0.634. The number of hydrogen-bond acceptors (Lipinski definition) is 1. The van der Waals surface area contributed by atoms with Gasteiger partial charge in [0, 0.05) is 16.3 Å². The van der Waals surface area contributed by atoms with Crippen molar-refractivity contribution in [2.24, 2.45) is 0 Å². The van der Waals surface area contributed by atoms with E-state index in [9.17, 15) is 0 Å². The Hall–Kier alpha value is -5.66. The van der Waals surface area contributed by atoms with E-state index in [0.717, 1.165) is 5.56 Å². The van der Waals surface area contributed by atoms with Gasteiger partial charge in [0.1, 0.15) is 11.2 Å². The molecule has 0 bridgehead atoms. The molecule has 200 valence electrons. The molecular weight excluding hydrogens is 520 g/mol. The van der Waals surface area contributed by atoms with Gasteiger partial charge in [0.25, 0.3) is 0 Å². The van der Waals surface area contributed by atoms with Gasteiger partial charge in [0.2, 0.25) is 0 Å². The summed E-state index contributed by atoms with van der Waals surface area (Å²) in [6, 6.07) is 12.2. The molecule has 1 aromatic heterocycles. The molecule has 0 aliphatic rings. The highest BCUT2D eigenvalue weighted by Gasteiger charge is 2.18. The van der Waals surface area contributed by atoms with E-state index in [1.807, 2.05) is 36.4 Å². The molecule has 0 unspecified atom stereocenters. The summed E-state index contributed by atoms with van der Waals surface area (Å²) < 4.78 is 136. The van der Waals surface area contributed by atoms with Crippen LogP contribution in [0.25, 0.3) is 87.6 Å². The van der Waals surface area contributed by atoms with Crippen LogP contribution in [0.15, 0.2) is 162 Å². The number of fused-ring (bicyclic) bond motifs is 6. The van der Waals surface area contributed by atoms with Crippen LogP contribution in [0, 0.1) is 0 Å². The topological polar surface area (TPSA) is 13.1 Å². The van der Waals surface area contributed by atoms with Crippen LogP contribution in [0.2, 0.25) is 0 Å². The van der Waals surface area contributed by atoms with E-state index in [-0.39, 0.29) is 62.1 Å². The van der Waals surface area contributed by atoms with Crippen molar-refractivity contribution < 1.29 is 25.0 Å². The summed E-state index contributed by atoms with van der Waals surface area (Å²) in [4.78, 5) is 0. The third kappa shape index (κ3) is 3.72. The smallest absolute Gasteiger partial charge is 0.143 e. The van der Waals surface area contributed by atoms with Gasteiger partial charge in [-0.05, 0) is 78.3 Å². The maximum atomic E-state index is 9.15. The summed E-state index contributed by atoms with van der Waals surface area (Å²) in [6.07, 6.45) is 0. The van der Waals surface area contributed by atoms with Gasteiger partial charge >= 0.3 is 0 Å². The van der Waals surface area contributed by atoms with Gasteiger partial charge in [-0.3, -0.25) is 0 Å². The van der Waals surface area contributed by atoms with Gasteiger partial charge in [-0.25, -0.2) is 0 Å². The molecule has 0 aliphatic carbocycles. The normalized spacial score (nSPS) is 16.6. The Balaban J connectivity index is 1.36. The van der Waals surface area contributed by atoms with Gasteiger partial charge in [-0.2, -0.15) is 0 Å². The maximum absolute atomic E-state index is 9.15. The molecule has 9 rings (SSSR count). The van der Waals surface area contributed by atoms with E-state index in [4.69, 9.17) is 25.0 Å². The lowest BCUT2D eigenvalue weighted by Crippen LogP contribution is -1.90. The zero-order chi connectivity index (χ0) is 41.4. The molecule has 1 nitrogen and oxygen atoms in total. The fraction of sp³-hybridized carbons (Fsp3) is 0. The van der Waals surface area contributed by atoms with Crippen molar-refractivity contribution in [1.82, 2.24) is 0 Å². The molecule has 0 fully saturated rings. The van der Waals surface area contributed by atoms with E-state index >= 15 is 0 Å². The van der Waals surface area contributed by atoms with Crippen LogP contribution in [-0.2, 0) is 0 Å². The molecule has 0 amide bonds. The zero-order valence-electron chi connectivity index (χ0n) is 37.3. The second-order valence-electron chi connectivity index (χ2n) is 10.1. The van der Waals surface area contributed by atoms with Crippen molar-refractivity contribution in [3.05, 3.63) is 157 Å². The third-order valence-electron chi connectivity index (χ3n) is 7.76. The highest BCUT2D eigenvalue weighted by molar-refractivity contribution is 6.22. The lowest BCUT2D eigenvalue weighted by molar-refractivity contribution is 0.670. The fourth-order valence-corrected chi connectivity index (χ4v) is 5.93. The minimum Gasteiger partial charge on any atom is -0.455 e. The molecule has 9 aromatic rings. The van der Waals surface area contributed by atoms with Crippen molar-refractivity contribution in [3.63, 3.8) is 0 Å². The summed E-state index contributed by atoms with van der Waals surface area (Å²) in [7, 11) is 0. The van der Waals surface area contributed by atoms with Gasteiger partial charge in [0.05, 0.1) is 20.6 Å². The van der Waals surface area contributed by atoms with Crippen LogP contribution < -0.4 is 0 Å². The van der Waals surface area contributed by atoms with Gasteiger partial charge in [-0.15, -0.1) is 0 Å². The van der Waals surface area contributed by atoms with Crippen LogP contribution in [-0.4, -0.2) is 0 Å². The maximum Gasteiger partial charge on any atom is 0.143 e. The van der Waals surface area contributed by atoms with E-state index in [1.165, 1.54) is 0 Å². The lowest BCUT2D eigenvalue weighted by Gasteiger charge is -2.17. The van der Waals surface area contributed by atoms with E-state index in [1.54, 1.807) is 30.3 Å². The van der Waals surface area contributed by atoms with Crippen molar-refractivity contribution in [2.45, 2.75) is 0 Å². The molecule has 0 aliphatic heterocycles. The Morgan fingerprint density at radius 2 is 1.09 bits per heavy atom. The monoisotopic (exact) mass is 561 g/mol. The number of furan rings is 1. The number of benzene rings is 8. The molecule has 0 radical (unpaired) electrons. The minimum absolute atomic E-state index is 0.0632. The molecule has 0 saturated carbocycles. The molecule has 1 heteroatoms. The predicted octanol–water partition coefficient (Wildman–Crippen LogP) is 12.0. The second-order valence-corrected chi connectivity index (χ2v) is 10.1. The van der Waals surface area contributed by atoms with Gasteiger partial charge < -0.3 is 4.42 Å². The highest BCUT2D eigenvalue weighted by atomic mass is 16.3. The Bertz CT molecular complexity index is 3270. The van der Waals surface area contributed by atoms with Gasteiger partial charge in [-0.1, -0.05) is 139 Å². The quantitative estimate of drug-likeness (QED) is 0.196. The molecular formula is C42H26O. The Morgan fingerprint density at radius 3 is 1.81 bits per heavy atom. The average Bonchev–Trinajstić information content (AvgIpc) is 3.60. The molecule has 8 aromatic carbocycles. The number of hydrogen-bond donors (Lipinski definition) is 0.